The maximum atomic E-state index is 13.1. The van der Waals surface area contributed by atoms with Gasteiger partial charge in [0.15, 0.2) is 5.69 Å². The number of hydrogen-bond acceptors (Lipinski definition) is 4. The summed E-state index contributed by atoms with van der Waals surface area (Å²) in [5, 5.41) is 18.1. The van der Waals surface area contributed by atoms with Gasteiger partial charge in [-0.3, -0.25) is 15.0 Å². The molecule has 2 aliphatic heterocycles. The molecule has 1 spiro atoms. The monoisotopic (exact) mass is 326 g/mol. The molecule has 7 nitrogen and oxygen atoms in total. The molecule has 5 rings (SSSR count). The third kappa shape index (κ3) is 1.97. The Morgan fingerprint density at radius 2 is 2.21 bits per heavy atom. The lowest BCUT2D eigenvalue weighted by molar-refractivity contribution is 0.0625. The lowest BCUT2D eigenvalue weighted by atomic mass is 9.77. The number of amides is 1. The first-order valence-electron chi connectivity index (χ1n) is 8.86. The summed E-state index contributed by atoms with van der Waals surface area (Å²) in [7, 11) is 0. The summed E-state index contributed by atoms with van der Waals surface area (Å²) < 4.78 is 0. The zero-order valence-electron chi connectivity index (χ0n) is 13.7. The fourth-order valence-corrected chi connectivity index (χ4v) is 4.74. The molecule has 1 amide bonds. The van der Waals surface area contributed by atoms with Crippen LogP contribution in [0.1, 0.15) is 52.3 Å². The summed E-state index contributed by atoms with van der Waals surface area (Å²) in [5.74, 6) is 0.0847. The Bertz CT molecular complexity index is 793. The number of carbonyl (C=O) groups is 1. The number of likely N-dealkylation sites (tertiary alicyclic amines) is 1. The number of hydrogen-bond donors (Lipinski definition) is 3. The number of H-pyrrole nitrogens is 2. The molecule has 2 aromatic rings. The summed E-state index contributed by atoms with van der Waals surface area (Å²) in [6, 6.07) is 0. The van der Waals surface area contributed by atoms with Gasteiger partial charge in [0.25, 0.3) is 5.91 Å². The smallest absolute Gasteiger partial charge is 0.274 e. The topological polar surface area (TPSA) is 89.7 Å². The first-order chi connectivity index (χ1) is 11.8. The van der Waals surface area contributed by atoms with E-state index in [0.717, 1.165) is 69.5 Å². The van der Waals surface area contributed by atoms with Crippen molar-refractivity contribution in [2.24, 2.45) is 0 Å². The van der Waals surface area contributed by atoms with E-state index in [9.17, 15) is 4.79 Å². The number of fused-ring (bicyclic) bond motifs is 3. The van der Waals surface area contributed by atoms with Gasteiger partial charge in [0.05, 0.1) is 11.9 Å². The van der Waals surface area contributed by atoms with E-state index < -0.39 is 0 Å². The number of nitrogens with zero attached hydrogens (tertiary/aromatic N) is 3. The van der Waals surface area contributed by atoms with E-state index >= 15 is 0 Å². The van der Waals surface area contributed by atoms with Crippen molar-refractivity contribution >= 4 is 5.91 Å². The van der Waals surface area contributed by atoms with Crippen LogP contribution < -0.4 is 5.32 Å². The summed E-state index contributed by atoms with van der Waals surface area (Å²) in [6.07, 6.45) is 7.17. The molecule has 1 aliphatic carbocycles. The zero-order chi connectivity index (χ0) is 16.1. The van der Waals surface area contributed by atoms with E-state index in [1.165, 1.54) is 11.3 Å². The van der Waals surface area contributed by atoms with Crippen LogP contribution in [0.4, 0.5) is 0 Å². The Labute approximate surface area is 140 Å². The van der Waals surface area contributed by atoms with Gasteiger partial charge < -0.3 is 10.2 Å². The van der Waals surface area contributed by atoms with E-state index in [2.05, 4.69) is 25.7 Å². The molecule has 0 saturated carbocycles. The molecule has 1 fully saturated rings. The first kappa shape index (κ1) is 14.2. The molecule has 0 radical (unpaired) electrons. The van der Waals surface area contributed by atoms with Crippen molar-refractivity contribution in [3.8, 4) is 0 Å². The number of carbonyl (C=O) groups excluding carboxylic acids is 1. The molecule has 126 valence electrons. The van der Waals surface area contributed by atoms with Gasteiger partial charge in [-0.1, -0.05) is 0 Å². The summed E-state index contributed by atoms with van der Waals surface area (Å²) >= 11 is 0. The minimum absolute atomic E-state index is 0.0671. The molecule has 2 aromatic heterocycles. The molecular weight excluding hydrogens is 304 g/mol. The lowest BCUT2D eigenvalue weighted by Crippen LogP contribution is -2.48. The Balaban J connectivity index is 1.43. The van der Waals surface area contributed by atoms with Crippen LogP contribution in [0.2, 0.25) is 0 Å². The second kappa shape index (κ2) is 5.17. The predicted molar refractivity (Wildman–Crippen MR) is 87.7 cm³/mol. The van der Waals surface area contributed by atoms with Crippen LogP contribution in [-0.2, 0) is 24.8 Å². The van der Waals surface area contributed by atoms with Crippen molar-refractivity contribution in [3.05, 3.63) is 34.4 Å². The minimum Gasteiger partial charge on any atom is -0.336 e. The Morgan fingerprint density at radius 1 is 1.25 bits per heavy atom. The van der Waals surface area contributed by atoms with Gasteiger partial charge in [-0.05, 0) is 44.2 Å². The number of piperidine rings is 1. The van der Waals surface area contributed by atoms with Crippen LogP contribution in [0, 0.1) is 0 Å². The molecule has 24 heavy (non-hydrogen) atoms. The average molecular weight is 326 g/mol. The minimum atomic E-state index is 0.0671. The normalized spacial score (nSPS) is 25.8. The molecule has 0 bridgehead atoms. The van der Waals surface area contributed by atoms with Gasteiger partial charge in [0, 0.05) is 36.3 Å². The van der Waals surface area contributed by atoms with Crippen molar-refractivity contribution < 1.29 is 4.79 Å². The number of nitrogens with one attached hydrogen (secondary N) is 3. The molecular formula is C17H22N6O. The maximum Gasteiger partial charge on any atom is 0.274 e. The highest BCUT2D eigenvalue weighted by Crippen LogP contribution is 2.44. The van der Waals surface area contributed by atoms with Crippen LogP contribution in [0.15, 0.2) is 6.20 Å². The molecule has 3 aliphatic rings. The Morgan fingerprint density at radius 3 is 3.17 bits per heavy atom. The molecule has 0 aromatic carbocycles. The maximum absolute atomic E-state index is 13.1. The summed E-state index contributed by atoms with van der Waals surface area (Å²) in [6.45, 7) is 3.29. The standard InChI is InChI=1S/C17H22N6O/c24-16(14-12-3-6-18-9-13(12)20-21-14)23-7-1-4-17(10-23)5-2-11-8-19-22-15(11)17/h8,18H,1-7,9-10H2,(H,19,22)(H,20,21). The lowest BCUT2D eigenvalue weighted by Gasteiger charge is -2.40. The molecule has 1 unspecified atom stereocenters. The van der Waals surface area contributed by atoms with Crippen molar-refractivity contribution in [1.29, 1.82) is 0 Å². The van der Waals surface area contributed by atoms with Crippen LogP contribution in [0.5, 0.6) is 0 Å². The van der Waals surface area contributed by atoms with Crippen LogP contribution in [-0.4, -0.2) is 50.8 Å². The zero-order valence-corrected chi connectivity index (χ0v) is 13.7. The van der Waals surface area contributed by atoms with Crippen LogP contribution >= 0.6 is 0 Å². The second-order valence-electron chi connectivity index (χ2n) is 7.34. The molecule has 1 atom stereocenters. The second-order valence-corrected chi connectivity index (χ2v) is 7.34. The van der Waals surface area contributed by atoms with Gasteiger partial charge in [-0.15, -0.1) is 0 Å². The summed E-state index contributed by atoms with van der Waals surface area (Å²) in [4.78, 5) is 15.1. The van der Waals surface area contributed by atoms with Crippen molar-refractivity contribution in [2.75, 3.05) is 19.6 Å². The highest BCUT2D eigenvalue weighted by molar-refractivity contribution is 5.94. The fraction of sp³-hybridized carbons (Fsp3) is 0.588. The largest absolute Gasteiger partial charge is 0.336 e. The number of aryl methyl sites for hydroxylation is 1. The molecule has 1 saturated heterocycles. The summed E-state index contributed by atoms with van der Waals surface area (Å²) in [5.41, 5.74) is 5.45. The molecule has 3 N–H and O–H groups in total. The van der Waals surface area contributed by atoms with E-state index in [4.69, 9.17) is 0 Å². The Kier molecular flexibility index (Phi) is 3.06. The van der Waals surface area contributed by atoms with E-state index in [-0.39, 0.29) is 11.3 Å². The van der Waals surface area contributed by atoms with Crippen LogP contribution in [0.3, 0.4) is 0 Å². The fourth-order valence-electron chi connectivity index (χ4n) is 4.74. The third-order valence-corrected chi connectivity index (χ3v) is 5.99. The van der Waals surface area contributed by atoms with Crippen molar-refractivity contribution in [1.82, 2.24) is 30.6 Å². The van der Waals surface area contributed by atoms with E-state index in [0.29, 0.717) is 5.69 Å². The average Bonchev–Trinajstić information content (AvgIpc) is 3.32. The van der Waals surface area contributed by atoms with Gasteiger partial charge in [-0.2, -0.15) is 10.2 Å². The molecule has 4 heterocycles. The van der Waals surface area contributed by atoms with Gasteiger partial charge in [-0.25, -0.2) is 0 Å². The third-order valence-electron chi connectivity index (χ3n) is 5.99. The number of aromatic amines is 2. The molecule has 7 heteroatoms. The van der Waals surface area contributed by atoms with Crippen LogP contribution in [0.25, 0.3) is 0 Å². The highest BCUT2D eigenvalue weighted by Gasteiger charge is 2.45. The number of rotatable bonds is 1. The first-order valence-corrected chi connectivity index (χ1v) is 8.86. The predicted octanol–water partition coefficient (Wildman–Crippen LogP) is 0.899. The van der Waals surface area contributed by atoms with Crippen molar-refractivity contribution in [3.63, 3.8) is 0 Å². The SMILES string of the molecule is O=C(c1n[nH]c2c1CCNC2)N1CCCC2(CCc3cn[nH]c32)C1. The van der Waals surface area contributed by atoms with Gasteiger partial charge in [0.1, 0.15) is 0 Å². The van der Waals surface area contributed by atoms with E-state index in [1.54, 1.807) is 0 Å². The highest BCUT2D eigenvalue weighted by atomic mass is 16.2. The quantitative estimate of drug-likeness (QED) is 0.726. The van der Waals surface area contributed by atoms with Gasteiger partial charge in [0.2, 0.25) is 0 Å². The van der Waals surface area contributed by atoms with E-state index in [1.807, 2.05) is 11.1 Å². The number of aromatic nitrogens is 4. The van der Waals surface area contributed by atoms with Crippen molar-refractivity contribution in [2.45, 2.75) is 44.1 Å². The Hall–Kier alpha value is -2.15. The van der Waals surface area contributed by atoms with Gasteiger partial charge >= 0.3 is 0 Å².